The van der Waals surface area contributed by atoms with Gasteiger partial charge in [-0.05, 0) is 71.7 Å². The molecule has 35 heavy (non-hydrogen) atoms. The summed E-state index contributed by atoms with van der Waals surface area (Å²) in [5.41, 5.74) is 6.00. The van der Waals surface area contributed by atoms with Crippen LogP contribution >= 0.6 is 0 Å². The highest BCUT2D eigenvalue weighted by Crippen LogP contribution is 2.37. The topological polar surface area (TPSA) is 66.5 Å². The Bertz CT molecular complexity index is 1340. The number of amides is 1. The van der Waals surface area contributed by atoms with E-state index in [1.807, 2.05) is 30.3 Å². The van der Waals surface area contributed by atoms with Crippen LogP contribution in [0.4, 0.5) is 5.69 Å². The number of carbonyl (C=O) groups excluding carboxylic acids is 1. The third-order valence-electron chi connectivity index (χ3n) is 6.79. The predicted molar refractivity (Wildman–Crippen MR) is 141 cm³/mol. The molecule has 1 heterocycles. The molecule has 0 saturated heterocycles. The summed E-state index contributed by atoms with van der Waals surface area (Å²) in [5, 5.41) is 2.98. The number of aryl methyl sites for hydroxylation is 2. The van der Waals surface area contributed by atoms with Gasteiger partial charge >= 0.3 is 0 Å². The average Bonchev–Trinajstić information content (AvgIpc) is 3.21. The number of rotatable bonds is 6. The number of hydrogen-bond acceptors (Lipinski definition) is 3. The molecule has 1 aliphatic rings. The monoisotopic (exact) mass is 490 g/mol. The number of benzene rings is 3. The average molecular weight is 491 g/mol. The molecule has 0 aliphatic carbocycles. The Morgan fingerprint density at radius 2 is 1.66 bits per heavy atom. The Morgan fingerprint density at radius 3 is 2.31 bits per heavy atom. The summed E-state index contributed by atoms with van der Waals surface area (Å²) in [6.45, 7) is 10.9. The van der Waals surface area contributed by atoms with E-state index in [1.165, 1.54) is 15.4 Å². The van der Waals surface area contributed by atoms with Crippen LogP contribution in [0.3, 0.4) is 0 Å². The number of nitrogens with one attached hydrogen (secondary N) is 1. The third-order valence-corrected chi connectivity index (χ3v) is 8.63. The second-order valence-corrected chi connectivity index (χ2v) is 12.2. The van der Waals surface area contributed by atoms with Crippen molar-refractivity contribution in [2.75, 3.05) is 10.8 Å². The maximum Gasteiger partial charge on any atom is 0.265 e. The van der Waals surface area contributed by atoms with Gasteiger partial charge in [0.2, 0.25) is 5.91 Å². The highest BCUT2D eigenvalue weighted by atomic mass is 32.2. The number of anilines is 1. The van der Waals surface area contributed by atoms with Crippen LogP contribution in [0.15, 0.2) is 71.6 Å². The Labute approximate surface area is 209 Å². The Hall–Kier alpha value is -3.12. The molecule has 0 fully saturated rings. The molecule has 5 nitrogen and oxygen atoms in total. The summed E-state index contributed by atoms with van der Waals surface area (Å²) in [6.07, 6.45) is 1.04. The van der Waals surface area contributed by atoms with Crippen molar-refractivity contribution in [2.45, 2.75) is 63.8 Å². The second-order valence-electron chi connectivity index (χ2n) is 10.4. The minimum atomic E-state index is -3.92. The normalized spacial score (nSPS) is 15.7. The Balaban J connectivity index is 1.57. The van der Waals surface area contributed by atoms with Gasteiger partial charge in [0, 0.05) is 13.0 Å². The number of fused-ring (bicyclic) bond motifs is 1. The highest BCUT2D eigenvalue weighted by Gasteiger charge is 2.42. The molecule has 1 atom stereocenters. The van der Waals surface area contributed by atoms with E-state index in [9.17, 15) is 13.2 Å². The lowest BCUT2D eigenvalue weighted by Crippen LogP contribution is -2.48. The quantitative estimate of drug-likeness (QED) is 0.524. The summed E-state index contributed by atoms with van der Waals surface area (Å²) in [7, 11) is -3.92. The van der Waals surface area contributed by atoms with Crippen molar-refractivity contribution < 1.29 is 13.2 Å². The first-order valence-corrected chi connectivity index (χ1v) is 13.5. The van der Waals surface area contributed by atoms with E-state index in [0.29, 0.717) is 25.1 Å². The van der Waals surface area contributed by atoms with Crippen LogP contribution in [0.5, 0.6) is 0 Å². The van der Waals surface area contributed by atoms with Crippen molar-refractivity contribution in [1.82, 2.24) is 5.32 Å². The molecule has 3 aromatic rings. The number of sulfonamides is 1. The van der Waals surface area contributed by atoms with Crippen molar-refractivity contribution >= 4 is 21.6 Å². The van der Waals surface area contributed by atoms with Gasteiger partial charge in [0.15, 0.2) is 0 Å². The molecule has 0 bridgehead atoms. The largest absolute Gasteiger partial charge is 0.354 e. The van der Waals surface area contributed by atoms with E-state index in [4.69, 9.17) is 0 Å². The molecule has 0 radical (unpaired) electrons. The van der Waals surface area contributed by atoms with Gasteiger partial charge in [-0.3, -0.25) is 9.10 Å². The minimum Gasteiger partial charge on any atom is -0.354 e. The van der Waals surface area contributed by atoms with Crippen molar-refractivity contribution in [3.63, 3.8) is 0 Å². The van der Waals surface area contributed by atoms with Gasteiger partial charge in [-0.15, -0.1) is 0 Å². The summed E-state index contributed by atoms with van der Waals surface area (Å²) < 4.78 is 28.9. The van der Waals surface area contributed by atoms with Crippen molar-refractivity contribution in [1.29, 1.82) is 0 Å². The molecule has 184 valence electrons. The molecular weight excluding hydrogens is 456 g/mol. The van der Waals surface area contributed by atoms with E-state index in [2.05, 4.69) is 58.1 Å². The Morgan fingerprint density at radius 1 is 0.971 bits per heavy atom. The summed E-state index contributed by atoms with van der Waals surface area (Å²) in [4.78, 5) is 13.5. The number of nitrogens with zero attached hydrogens (tertiary/aromatic N) is 1. The van der Waals surface area contributed by atoms with Crippen LogP contribution in [0.25, 0.3) is 0 Å². The standard InChI is InChI=1S/C29H34N2O3S/c1-20-10-11-22(18-21(20)2)16-17-30-28(32)27-19-23-8-6-7-9-26(23)31(27)35(33,34)25-14-12-24(13-15-25)29(3,4)5/h6-15,18,27H,16-17,19H2,1-5H3,(H,30,32)/t27-/m0/s1. The van der Waals surface area contributed by atoms with Crippen molar-refractivity contribution in [3.05, 3.63) is 94.5 Å². The van der Waals surface area contributed by atoms with Crippen LogP contribution in [0, 0.1) is 13.8 Å². The molecule has 1 N–H and O–H groups in total. The molecule has 1 aliphatic heterocycles. The molecule has 4 rings (SSSR count). The van der Waals surface area contributed by atoms with Crippen LogP contribution in [-0.4, -0.2) is 26.9 Å². The maximum atomic E-state index is 13.8. The van der Waals surface area contributed by atoms with Gasteiger partial charge in [-0.25, -0.2) is 8.42 Å². The van der Waals surface area contributed by atoms with E-state index in [1.54, 1.807) is 18.2 Å². The highest BCUT2D eigenvalue weighted by molar-refractivity contribution is 7.93. The van der Waals surface area contributed by atoms with E-state index in [-0.39, 0.29) is 16.2 Å². The van der Waals surface area contributed by atoms with Crippen molar-refractivity contribution in [3.8, 4) is 0 Å². The molecular formula is C29H34N2O3S. The molecule has 0 unspecified atom stereocenters. The lowest BCUT2D eigenvalue weighted by atomic mass is 9.87. The zero-order valence-corrected chi connectivity index (χ0v) is 21.9. The zero-order chi connectivity index (χ0) is 25.4. The molecule has 3 aromatic carbocycles. The van der Waals surface area contributed by atoms with Gasteiger partial charge in [-0.2, -0.15) is 0 Å². The van der Waals surface area contributed by atoms with Crippen LogP contribution in [0.2, 0.25) is 0 Å². The maximum absolute atomic E-state index is 13.8. The first-order valence-electron chi connectivity index (χ1n) is 12.1. The number of carbonyl (C=O) groups is 1. The second kappa shape index (κ2) is 9.50. The number of hydrogen-bond donors (Lipinski definition) is 1. The summed E-state index contributed by atoms with van der Waals surface area (Å²) in [5.74, 6) is -0.278. The lowest BCUT2D eigenvalue weighted by molar-refractivity contribution is -0.122. The molecule has 0 saturated carbocycles. The van der Waals surface area contributed by atoms with Gasteiger partial charge in [0.1, 0.15) is 6.04 Å². The fourth-order valence-corrected chi connectivity index (χ4v) is 6.15. The lowest BCUT2D eigenvalue weighted by Gasteiger charge is -2.27. The van der Waals surface area contributed by atoms with Crippen LogP contribution in [0.1, 0.15) is 48.6 Å². The van der Waals surface area contributed by atoms with E-state index in [0.717, 1.165) is 16.7 Å². The Kier molecular flexibility index (Phi) is 6.78. The molecule has 0 aromatic heterocycles. The predicted octanol–water partition coefficient (Wildman–Crippen LogP) is 5.08. The van der Waals surface area contributed by atoms with Crippen LogP contribution < -0.4 is 9.62 Å². The van der Waals surface area contributed by atoms with Crippen LogP contribution in [-0.2, 0) is 33.1 Å². The van der Waals surface area contributed by atoms with Crippen molar-refractivity contribution in [2.24, 2.45) is 0 Å². The zero-order valence-electron chi connectivity index (χ0n) is 21.1. The fraction of sp³-hybridized carbons (Fsp3) is 0.345. The fourth-order valence-electron chi connectivity index (χ4n) is 4.50. The van der Waals surface area contributed by atoms with E-state index < -0.39 is 16.1 Å². The summed E-state index contributed by atoms with van der Waals surface area (Å²) >= 11 is 0. The van der Waals surface area contributed by atoms with Gasteiger partial charge < -0.3 is 5.32 Å². The summed E-state index contributed by atoms with van der Waals surface area (Å²) in [6, 6.07) is 19.8. The minimum absolute atomic E-state index is 0.0824. The molecule has 6 heteroatoms. The number of para-hydroxylation sites is 1. The first-order chi connectivity index (χ1) is 16.5. The van der Waals surface area contributed by atoms with E-state index >= 15 is 0 Å². The molecule has 0 spiro atoms. The van der Waals surface area contributed by atoms with Gasteiger partial charge in [-0.1, -0.05) is 69.3 Å². The van der Waals surface area contributed by atoms with Gasteiger partial charge in [0.25, 0.3) is 10.0 Å². The SMILES string of the molecule is Cc1ccc(CCNC(=O)[C@@H]2Cc3ccccc3N2S(=O)(=O)c2ccc(C(C)(C)C)cc2)cc1C. The smallest absolute Gasteiger partial charge is 0.265 e. The third kappa shape index (κ3) is 5.13. The first kappa shape index (κ1) is 25.0. The molecule has 1 amide bonds. The van der Waals surface area contributed by atoms with Gasteiger partial charge in [0.05, 0.1) is 10.6 Å².